The lowest BCUT2D eigenvalue weighted by Crippen LogP contribution is -2.48. The molecule has 1 aliphatic heterocycles. The molecule has 1 aromatic carbocycles. The van der Waals surface area contributed by atoms with Gasteiger partial charge in [-0.05, 0) is 35.6 Å². The summed E-state index contributed by atoms with van der Waals surface area (Å²) in [6.45, 7) is 3.36. The van der Waals surface area contributed by atoms with Crippen LogP contribution in [0.2, 0.25) is 0 Å². The van der Waals surface area contributed by atoms with Gasteiger partial charge in [0.1, 0.15) is 5.82 Å². The molecular weight excluding hydrogens is 459 g/mol. The Morgan fingerprint density at radius 3 is 2.79 bits per heavy atom. The third-order valence-corrected chi connectivity index (χ3v) is 6.28. The second-order valence-electron chi connectivity index (χ2n) is 6.88. The Hall–Kier alpha value is -2.10. The Kier molecular flexibility index (Phi) is 6.37. The summed E-state index contributed by atoms with van der Waals surface area (Å²) in [5, 5.41) is 6.01. The highest BCUT2D eigenvalue weighted by atomic mass is 79.9. The maximum absolute atomic E-state index is 13.9. The molecular formula is C20H20BrFN4O2S. The lowest BCUT2D eigenvalue weighted by atomic mass is 10.1. The van der Waals surface area contributed by atoms with Crippen LogP contribution in [0.3, 0.4) is 0 Å². The molecule has 0 spiro atoms. The van der Waals surface area contributed by atoms with Gasteiger partial charge in [0.05, 0.1) is 11.4 Å². The third-order valence-electron chi connectivity index (χ3n) is 4.92. The maximum Gasteiger partial charge on any atom is 0.241 e. The quantitative estimate of drug-likeness (QED) is 0.536. The summed E-state index contributed by atoms with van der Waals surface area (Å²) in [6.07, 6.45) is 0.720. The normalized spacial score (nSPS) is 15.0. The number of piperazine rings is 1. The van der Waals surface area contributed by atoms with Gasteiger partial charge in [-0.15, -0.1) is 11.3 Å². The molecule has 29 heavy (non-hydrogen) atoms. The molecule has 4 rings (SSSR count). The molecule has 0 aliphatic carbocycles. The van der Waals surface area contributed by atoms with Crippen molar-refractivity contribution in [2.45, 2.75) is 19.4 Å². The van der Waals surface area contributed by atoms with Gasteiger partial charge < -0.3 is 9.42 Å². The zero-order valence-corrected chi connectivity index (χ0v) is 18.1. The van der Waals surface area contributed by atoms with Crippen LogP contribution in [0.15, 0.2) is 44.7 Å². The van der Waals surface area contributed by atoms with E-state index in [-0.39, 0.29) is 11.7 Å². The number of aromatic nitrogens is 2. The fourth-order valence-corrected chi connectivity index (χ4v) is 4.28. The van der Waals surface area contributed by atoms with E-state index >= 15 is 0 Å². The number of halogens is 2. The van der Waals surface area contributed by atoms with Gasteiger partial charge in [-0.1, -0.05) is 33.2 Å². The molecule has 1 amide bonds. The number of benzene rings is 1. The Morgan fingerprint density at radius 1 is 1.24 bits per heavy atom. The van der Waals surface area contributed by atoms with Gasteiger partial charge in [-0.25, -0.2) is 4.39 Å². The van der Waals surface area contributed by atoms with Crippen LogP contribution in [0.4, 0.5) is 4.39 Å². The van der Waals surface area contributed by atoms with E-state index in [1.807, 2.05) is 22.4 Å². The first-order valence-corrected chi connectivity index (χ1v) is 11.1. The summed E-state index contributed by atoms with van der Waals surface area (Å²) in [7, 11) is 0. The Labute approximate surface area is 180 Å². The van der Waals surface area contributed by atoms with Crippen molar-refractivity contribution in [3.05, 3.63) is 57.5 Å². The summed E-state index contributed by atoms with van der Waals surface area (Å²) in [5.41, 5.74) is 0.568. The smallest absolute Gasteiger partial charge is 0.241 e. The minimum absolute atomic E-state index is 0.0599. The number of amides is 1. The van der Waals surface area contributed by atoms with Gasteiger partial charge in [0, 0.05) is 37.1 Å². The number of hydrogen-bond acceptors (Lipinski definition) is 6. The number of carbonyl (C=O) groups is 1. The minimum atomic E-state index is -0.279. The van der Waals surface area contributed by atoms with Crippen molar-refractivity contribution in [2.75, 3.05) is 26.2 Å². The van der Waals surface area contributed by atoms with Crippen LogP contribution in [-0.4, -0.2) is 52.0 Å². The van der Waals surface area contributed by atoms with Crippen LogP contribution in [-0.2, 0) is 17.8 Å². The summed E-state index contributed by atoms with van der Waals surface area (Å²) in [6, 6.07) is 8.86. The number of thiophene rings is 1. The number of rotatable bonds is 6. The maximum atomic E-state index is 13.9. The molecule has 3 aromatic rings. The van der Waals surface area contributed by atoms with E-state index in [4.69, 9.17) is 4.52 Å². The van der Waals surface area contributed by atoms with Crippen molar-refractivity contribution in [3.63, 3.8) is 0 Å². The molecule has 0 unspecified atom stereocenters. The lowest BCUT2D eigenvalue weighted by Gasteiger charge is -2.34. The fourth-order valence-electron chi connectivity index (χ4n) is 3.30. The molecule has 0 atom stereocenters. The van der Waals surface area contributed by atoms with Gasteiger partial charge in [-0.2, -0.15) is 4.98 Å². The van der Waals surface area contributed by atoms with Crippen molar-refractivity contribution >= 4 is 33.2 Å². The van der Waals surface area contributed by atoms with Gasteiger partial charge in [0.15, 0.2) is 0 Å². The second kappa shape index (κ2) is 9.15. The van der Waals surface area contributed by atoms with Crippen LogP contribution in [0.25, 0.3) is 10.7 Å². The molecule has 0 N–H and O–H groups in total. The van der Waals surface area contributed by atoms with Crippen molar-refractivity contribution in [2.24, 2.45) is 0 Å². The number of hydrogen-bond donors (Lipinski definition) is 0. The Balaban J connectivity index is 1.24. The van der Waals surface area contributed by atoms with Gasteiger partial charge in [0.2, 0.25) is 17.6 Å². The van der Waals surface area contributed by atoms with Crippen molar-refractivity contribution in [3.8, 4) is 10.7 Å². The monoisotopic (exact) mass is 478 g/mol. The Bertz CT molecular complexity index is 971. The van der Waals surface area contributed by atoms with Crippen LogP contribution in [0.1, 0.15) is 17.9 Å². The van der Waals surface area contributed by atoms with Crippen LogP contribution >= 0.6 is 27.3 Å². The predicted molar refractivity (Wildman–Crippen MR) is 112 cm³/mol. The van der Waals surface area contributed by atoms with Gasteiger partial charge in [0.25, 0.3) is 0 Å². The molecule has 0 saturated carbocycles. The van der Waals surface area contributed by atoms with Crippen LogP contribution < -0.4 is 0 Å². The molecule has 9 heteroatoms. The van der Waals surface area contributed by atoms with E-state index in [1.165, 1.54) is 6.07 Å². The van der Waals surface area contributed by atoms with E-state index in [0.29, 0.717) is 54.2 Å². The molecule has 152 valence electrons. The number of nitrogens with zero attached hydrogens (tertiary/aromatic N) is 4. The highest BCUT2D eigenvalue weighted by Crippen LogP contribution is 2.22. The van der Waals surface area contributed by atoms with Crippen LogP contribution in [0.5, 0.6) is 0 Å². The predicted octanol–water partition coefficient (Wildman–Crippen LogP) is 3.98. The highest BCUT2D eigenvalue weighted by Gasteiger charge is 2.23. The van der Waals surface area contributed by atoms with Gasteiger partial charge in [-0.3, -0.25) is 9.69 Å². The molecule has 0 bridgehead atoms. The molecule has 1 saturated heterocycles. The largest absolute Gasteiger partial charge is 0.340 e. The summed E-state index contributed by atoms with van der Waals surface area (Å²) in [5.74, 6) is 0.978. The standard InChI is InChI=1S/C20H20BrFN4O2S/c21-15-5-3-14(16(22)12-15)4-6-19(27)26-9-7-25(8-10-26)13-18-23-20(24-28-18)17-2-1-11-29-17/h1-3,5,11-12H,4,6-10,13H2. The average molecular weight is 479 g/mol. The molecule has 3 heterocycles. The lowest BCUT2D eigenvalue weighted by molar-refractivity contribution is -0.133. The number of carbonyl (C=O) groups excluding carboxylic acids is 1. The first kappa shape index (κ1) is 20.2. The van der Waals surface area contributed by atoms with E-state index in [9.17, 15) is 9.18 Å². The van der Waals surface area contributed by atoms with Crippen molar-refractivity contribution in [1.29, 1.82) is 0 Å². The summed E-state index contributed by atoms with van der Waals surface area (Å²) in [4.78, 5) is 22.0. The van der Waals surface area contributed by atoms with E-state index in [1.54, 1.807) is 23.5 Å². The molecule has 2 aromatic heterocycles. The van der Waals surface area contributed by atoms with Gasteiger partial charge >= 0.3 is 0 Å². The molecule has 6 nitrogen and oxygen atoms in total. The highest BCUT2D eigenvalue weighted by molar-refractivity contribution is 9.10. The zero-order valence-electron chi connectivity index (χ0n) is 15.7. The zero-order chi connectivity index (χ0) is 20.2. The fraction of sp³-hybridized carbons (Fsp3) is 0.350. The topological polar surface area (TPSA) is 62.5 Å². The Morgan fingerprint density at radius 2 is 2.07 bits per heavy atom. The van der Waals surface area contributed by atoms with E-state index in [0.717, 1.165) is 18.0 Å². The molecule has 1 fully saturated rings. The van der Waals surface area contributed by atoms with E-state index < -0.39 is 0 Å². The first-order chi connectivity index (χ1) is 14.1. The SMILES string of the molecule is O=C(CCc1ccc(Br)cc1F)N1CCN(Cc2nc(-c3cccs3)no2)CC1. The summed E-state index contributed by atoms with van der Waals surface area (Å²) < 4.78 is 20.0. The average Bonchev–Trinajstić information content (AvgIpc) is 3.39. The van der Waals surface area contributed by atoms with Crippen molar-refractivity contribution in [1.82, 2.24) is 19.9 Å². The van der Waals surface area contributed by atoms with Crippen molar-refractivity contribution < 1.29 is 13.7 Å². The first-order valence-electron chi connectivity index (χ1n) is 9.39. The van der Waals surface area contributed by atoms with E-state index in [2.05, 4.69) is 31.0 Å². The summed E-state index contributed by atoms with van der Waals surface area (Å²) >= 11 is 4.82. The second-order valence-corrected chi connectivity index (χ2v) is 8.75. The van der Waals surface area contributed by atoms with Crippen LogP contribution in [0, 0.1) is 5.82 Å². The molecule has 1 aliphatic rings. The number of aryl methyl sites for hydroxylation is 1. The minimum Gasteiger partial charge on any atom is -0.340 e. The molecule has 0 radical (unpaired) electrons. The third kappa shape index (κ3) is 5.09.